The molecule has 0 spiro atoms. The Bertz CT molecular complexity index is 480. The first-order valence-electron chi connectivity index (χ1n) is 5.18. The highest BCUT2D eigenvalue weighted by Crippen LogP contribution is 2.17. The Kier molecular flexibility index (Phi) is 3.91. The molecule has 0 aliphatic carbocycles. The van der Waals surface area contributed by atoms with Crippen LogP contribution in [-0.4, -0.2) is 0 Å². The standard InChI is InChI=1S/C13H9BrF3N/c14-9-1-8(2-10(15)3-9)7-18-13-5-11(16)4-12(17)6-13/h1-6,18H,7H2. The van der Waals surface area contributed by atoms with E-state index in [0.717, 1.165) is 6.07 Å². The molecule has 0 fully saturated rings. The van der Waals surface area contributed by atoms with E-state index in [2.05, 4.69) is 21.2 Å². The molecule has 2 rings (SSSR count). The lowest BCUT2D eigenvalue weighted by molar-refractivity contribution is 0.584. The van der Waals surface area contributed by atoms with Crippen LogP contribution in [0.1, 0.15) is 5.56 Å². The molecule has 0 unspecified atom stereocenters. The fourth-order valence-electron chi connectivity index (χ4n) is 1.57. The maximum absolute atomic E-state index is 13.1. The predicted octanol–water partition coefficient (Wildman–Crippen LogP) is 4.48. The van der Waals surface area contributed by atoms with E-state index < -0.39 is 11.6 Å². The number of hydrogen-bond donors (Lipinski definition) is 1. The van der Waals surface area contributed by atoms with Gasteiger partial charge in [-0.15, -0.1) is 0 Å². The van der Waals surface area contributed by atoms with Gasteiger partial charge in [0, 0.05) is 22.8 Å². The van der Waals surface area contributed by atoms with Gasteiger partial charge in [-0.05, 0) is 35.9 Å². The summed E-state index contributed by atoms with van der Waals surface area (Å²) in [6.07, 6.45) is 0. The lowest BCUT2D eigenvalue weighted by Crippen LogP contribution is -2.01. The average Bonchev–Trinajstić information content (AvgIpc) is 2.23. The second kappa shape index (κ2) is 5.44. The van der Waals surface area contributed by atoms with Crippen molar-refractivity contribution in [1.29, 1.82) is 0 Å². The van der Waals surface area contributed by atoms with Gasteiger partial charge in [-0.1, -0.05) is 15.9 Å². The van der Waals surface area contributed by atoms with Crippen molar-refractivity contribution in [2.24, 2.45) is 0 Å². The van der Waals surface area contributed by atoms with Crippen LogP contribution in [-0.2, 0) is 6.54 Å². The van der Waals surface area contributed by atoms with Gasteiger partial charge in [-0.3, -0.25) is 0 Å². The summed E-state index contributed by atoms with van der Waals surface area (Å²) in [7, 11) is 0. The molecule has 1 nitrogen and oxygen atoms in total. The van der Waals surface area contributed by atoms with Crippen LogP contribution < -0.4 is 5.32 Å². The third kappa shape index (κ3) is 3.50. The first kappa shape index (κ1) is 13.0. The van der Waals surface area contributed by atoms with Gasteiger partial charge in [0.05, 0.1) is 0 Å². The molecule has 18 heavy (non-hydrogen) atoms. The molecule has 5 heteroatoms. The summed E-state index contributed by atoms with van der Waals surface area (Å²) in [5, 5.41) is 2.83. The van der Waals surface area contributed by atoms with E-state index in [-0.39, 0.29) is 12.4 Å². The van der Waals surface area contributed by atoms with E-state index in [0.29, 0.717) is 15.7 Å². The largest absolute Gasteiger partial charge is 0.381 e. The smallest absolute Gasteiger partial charge is 0.128 e. The van der Waals surface area contributed by atoms with Gasteiger partial charge >= 0.3 is 0 Å². The molecule has 0 atom stereocenters. The predicted molar refractivity (Wildman–Crippen MR) is 67.8 cm³/mol. The second-order valence-corrected chi connectivity index (χ2v) is 4.71. The third-order valence-corrected chi connectivity index (χ3v) is 2.74. The lowest BCUT2D eigenvalue weighted by Gasteiger charge is -2.07. The highest BCUT2D eigenvalue weighted by molar-refractivity contribution is 9.10. The first-order valence-corrected chi connectivity index (χ1v) is 5.97. The fraction of sp³-hybridized carbons (Fsp3) is 0.0769. The van der Waals surface area contributed by atoms with Crippen molar-refractivity contribution in [3.8, 4) is 0 Å². The van der Waals surface area contributed by atoms with Crippen LogP contribution in [0.15, 0.2) is 40.9 Å². The summed E-state index contributed by atoms with van der Waals surface area (Å²) in [5.41, 5.74) is 0.986. The maximum atomic E-state index is 13.1. The zero-order chi connectivity index (χ0) is 13.1. The second-order valence-electron chi connectivity index (χ2n) is 3.79. The fourth-order valence-corrected chi connectivity index (χ4v) is 2.09. The number of hydrogen-bond acceptors (Lipinski definition) is 1. The third-order valence-electron chi connectivity index (χ3n) is 2.28. The van der Waals surface area contributed by atoms with E-state index in [4.69, 9.17) is 0 Å². The zero-order valence-electron chi connectivity index (χ0n) is 9.18. The summed E-state index contributed by atoms with van der Waals surface area (Å²) in [6.45, 7) is 0.277. The Balaban J connectivity index is 2.11. The molecule has 94 valence electrons. The summed E-state index contributed by atoms with van der Waals surface area (Å²) >= 11 is 3.17. The van der Waals surface area contributed by atoms with Crippen LogP contribution in [0.4, 0.5) is 18.9 Å². The summed E-state index contributed by atoms with van der Waals surface area (Å²) in [6, 6.07) is 7.57. The zero-order valence-corrected chi connectivity index (χ0v) is 10.8. The average molecular weight is 316 g/mol. The molecule has 0 amide bonds. The Labute approximate surface area is 111 Å². The Morgan fingerprint density at radius 2 is 1.44 bits per heavy atom. The molecule has 0 bridgehead atoms. The minimum absolute atomic E-state index is 0.277. The van der Waals surface area contributed by atoms with Crippen LogP contribution in [0.2, 0.25) is 0 Å². The molecular weight excluding hydrogens is 307 g/mol. The summed E-state index contributed by atoms with van der Waals surface area (Å²) < 4.78 is 39.6. The van der Waals surface area contributed by atoms with Crippen molar-refractivity contribution in [3.05, 3.63) is 63.9 Å². The molecule has 0 saturated heterocycles. The van der Waals surface area contributed by atoms with Crippen LogP contribution in [0.3, 0.4) is 0 Å². The molecule has 2 aromatic carbocycles. The lowest BCUT2D eigenvalue weighted by atomic mass is 10.2. The van der Waals surface area contributed by atoms with Crippen LogP contribution >= 0.6 is 15.9 Å². The molecule has 0 radical (unpaired) electrons. The van der Waals surface area contributed by atoms with E-state index in [1.807, 2.05) is 0 Å². The van der Waals surface area contributed by atoms with E-state index >= 15 is 0 Å². The normalized spacial score (nSPS) is 10.4. The molecule has 0 aliphatic heterocycles. The highest BCUT2D eigenvalue weighted by Gasteiger charge is 2.02. The maximum Gasteiger partial charge on any atom is 0.128 e. The van der Waals surface area contributed by atoms with E-state index in [1.54, 1.807) is 6.07 Å². The van der Waals surface area contributed by atoms with Gasteiger partial charge in [-0.2, -0.15) is 0 Å². The Morgan fingerprint density at radius 3 is 2.06 bits per heavy atom. The topological polar surface area (TPSA) is 12.0 Å². The molecule has 0 heterocycles. The van der Waals surface area contributed by atoms with Gasteiger partial charge < -0.3 is 5.32 Å². The molecule has 2 aromatic rings. The summed E-state index contributed by atoms with van der Waals surface area (Å²) in [5.74, 6) is -1.68. The number of anilines is 1. The van der Waals surface area contributed by atoms with Gasteiger partial charge in [-0.25, -0.2) is 13.2 Å². The molecule has 0 saturated carbocycles. The number of halogens is 4. The number of nitrogens with one attached hydrogen (secondary N) is 1. The SMILES string of the molecule is Fc1cc(Br)cc(CNc2cc(F)cc(F)c2)c1. The van der Waals surface area contributed by atoms with E-state index in [1.165, 1.54) is 24.3 Å². The van der Waals surface area contributed by atoms with Crippen molar-refractivity contribution in [3.63, 3.8) is 0 Å². The van der Waals surface area contributed by atoms with Gasteiger partial charge in [0.2, 0.25) is 0 Å². The van der Waals surface area contributed by atoms with Gasteiger partial charge in [0.1, 0.15) is 17.5 Å². The Morgan fingerprint density at radius 1 is 0.833 bits per heavy atom. The quantitative estimate of drug-likeness (QED) is 0.880. The minimum Gasteiger partial charge on any atom is -0.381 e. The van der Waals surface area contributed by atoms with Gasteiger partial charge in [0.25, 0.3) is 0 Å². The van der Waals surface area contributed by atoms with Crippen LogP contribution in [0, 0.1) is 17.5 Å². The first-order chi connectivity index (χ1) is 8.52. The number of benzene rings is 2. The van der Waals surface area contributed by atoms with Crippen molar-refractivity contribution in [1.82, 2.24) is 0 Å². The molecule has 0 aliphatic rings. The van der Waals surface area contributed by atoms with Gasteiger partial charge in [0.15, 0.2) is 0 Å². The van der Waals surface area contributed by atoms with E-state index in [9.17, 15) is 13.2 Å². The molecule has 1 N–H and O–H groups in total. The van der Waals surface area contributed by atoms with Crippen LogP contribution in [0.25, 0.3) is 0 Å². The summed E-state index contributed by atoms with van der Waals surface area (Å²) in [4.78, 5) is 0. The molecular formula is C13H9BrF3N. The van der Waals surface area contributed by atoms with Crippen molar-refractivity contribution >= 4 is 21.6 Å². The molecule has 0 aromatic heterocycles. The van der Waals surface area contributed by atoms with Crippen molar-refractivity contribution in [2.45, 2.75) is 6.54 Å². The number of rotatable bonds is 3. The highest BCUT2D eigenvalue weighted by atomic mass is 79.9. The van der Waals surface area contributed by atoms with Crippen molar-refractivity contribution in [2.75, 3.05) is 5.32 Å². The Hall–Kier alpha value is -1.49. The minimum atomic E-state index is -0.655. The van der Waals surface area contributed by atoms with Crippen LogP contribution in [0.5, 0.6) is 0 Å². The van der Waals surface area contributed by atoms with Crippen molar-refractivity contribution < 1.29 is 13.2 Å². The monoisotopic (exact) mass is 315 g/mol.